The number of ketones is 1. The number of nitrogens with zero attached hydrogens (tertiary/aromatic N) is 1. The molecule has 0 N–H and O–H groups in total. The summed E-state index contributed by atoms with van der Waals surface area (Å²) in [5.74, 6) is 0.0234. The third-order valence-corrected chi connectivity index (χ3v) is 4.13. The van der Waals surface area contributed by atoms with Crippen LogP contribution in [0.25, 0.3) is 10.8 Å². The Hall–Kier alpha value is -1.71. The number of rotatable bonds is 3. The van der Waals surface area contributed by atoms with Crippen molar-refractivity contribution in [3.8, 4) is 0 Å². The highest BCUT2D eigenvalue weighted by atomic mass is 35.5. The van der Waals surface area contributed by atoms with Crippen molar-refractivity contribution in [2.75, 3.05) is 0 Å². The van der Waals surface area contributed by atoms with Gasteiger partial charge in [0.2, 0.25) is 0 Å². The van der Waals surface area contributed by atoms with Gasteiger partial charge in [-0.2, -0.15) is 0 Å². The Morgan fingerprint density at radius 3 is 2.79 bits per heavy atom. The van der Waals surface area contributed by atoms with Crippen LogP contribution in [0.5, 0.6) is 0 Å². The zero-order chi connectivity index (χ0) is 13.2. The van der Waals surface area contributed by atoms with Gasteiger partial charge in [0.05, 0.1) is 4.34 Å². The molecule has 0 amide bonds. The summed E-state index contributed by atoms with van der Waals surface area (Å²) < 4.78 is 0.702. The van der Waals surface area contributed by atoms with Gasteiger partial charge in [0.25, 0.3) is 0 Å². The van der Waals surface area contributed by atoms with Gasteiger partial charge in [-0.3, -0.25) is 9.78 Å². The van der Waals surface area contributed by atoms with Crippen molar-refractivity contribution in [3.05, 3.63) is 63.6 Å². The van der Waals surface area contributed by atoms with Crippen molar-refractivity contribution in [1.82, 2.24) is 4.98 Å². The third kappa shape index (κ3) is 2.53. The Morgan fingerprint density at radius 1 is 1.16 bits per heavy atom. The lowest BCUT2D eigenvalue weighted by Gasteiger charge is -2.03. The van der Waals surface area contributed by atoms with Gasteiger partial charge in [0.15, 0.2) is 5.78 Å². The zero-order valence-corrected chi connectivity index (χ0v) is 11.5. The lowest BCUT2D eigenvalue weighted by molar-refractivity contribution is 0.0991. The number of hydrogen-bond donors (Lipinski definition) is 0. The third-order valence-electron chi connectivity index (χ3n) is 2.90. The van der Waals surface area contributed by atoms with Crippen LogP contribution >= 0.6 is 22.9 Å². The molecule has 2 aromatic heterocycles. The lowest BCUT2D eigenvalue weighted by atomic mass is 10.1. The van der Waals surface area contributed by atoms with E-state index in [-0.39, 0.29) is 5.78 Å². The SMILES string of the molecule is O=C(Cc1ccc(Cl)s1)c1nccc2ccccc12. The van der Waals surface area contributed by atoms with Crippen LogP contribution in [-0.2, 0) is 6.42 Å². The molecule has 19 heavy (non-hydrogen) atoms. The molecular formula is C15H10ClNOS. The van der Waals surface area contributed by atoms with Gasteiger partial charge in [0.1, 0.15) is 5.69 Å². The fourth-order valence-corrected chi connectivity index (χ4v) is 3.12. The van der Waals surface area contributed by atoms with Crippen LogP contribution in [0, 0.1) is 0 Å². The molecular weight excluding hydrogens is 278 g/mol. The molecule has 0 unspecified atom stereocenters. The highest BCUT2D eigenvalue weighted by Gasteiger charge is 2.13. The van der Waals surface area contributed by atoms with E-state index in [1.165, 1.54) is 11.3 Å². The molecule has 3 aromatic rings. The van der Waals surface area contributed by atoms with Gasteiger partial charge in [-0.05, 0) is 23.6 Å². The van der Waals surface area contributed by atoms with Crippen molar-refractivity contribution < 1.29 is 4.79 Å². The first-order valence-corrected chi connectivity index (χ1v) is 7.04. The largest absolute Gasteiger partial charge is 0.292 e. The van der Waals surface area contributed by atoms with E-state index in [1.54, 1.807) is 6.20 Å². The summed E-state index contributed by atoms with van der Waals surface area (Å²) in [6.45, 7) is 0. The number of hydrogen-bond acceptors (Lipinski definition) is 3. The number of benzene rings is 1. The second-order valence-electron chi connectivity index (χ2n) is 4.19. The Balaban J connectivity index is 1.97. The minimum atomic E-state index is 0.0234. The number of halogens is 1. The molecule has 0 bridgehead atoms. The van der Waals surface area contributed by atoms with E-state index in [9.17, 15) is 4.79 Å². The van der Waals surface area contributed by atoms with Crippen molar-refractivity contribution in [3.63, 3.8) is 0 Å². The maximum atomic E-state index is 12.3. The van der Waals surface area contributed by atoms with E-state index in [2.05, 4.69) is 4.98 Å². The lowest BCUT2D eigenvalue weighted by Crippen LogP contribution is -2.05. The van der Waals surface area contributed by atoms with Crippen LogP contribution in [-0.4, -0.2) is 10.8 Å². The minimum Gasteiger partial charge on any atom is -0.292 e. The topological polar surface area (TPSA) is 30.0 Å². The molecule has 0 saturated heterocycles. The Labute approximate surface area is 119 Å². The van der Waals surface area contributed by atoms with Crippen LogP contribution in [0.3, 0.4) is 0 Å². The van der Waals surface area contributed by atoms with Crippen LogP contribution in [0.4, 0.5) is 0 Å². The van der Waals surface area contributed by atoms with E-state index >= 15 is 0 Å². The molecule has 0 spiro atoms. The molecule has 0 aliphatic carbocycles. The molecule has 2 nitrogen and oxygen atoms in total. The van der Waals surface area contributed by atoms with Gasteiger partial charge in [-0.1, -0.05) is 35.9 Å². The first-order chi connectivity index (χ1) is 9.24. The standard InChI is InChI=1S/C15H10ClNOS/c16-14-6-5-11(19-14)9-13(18)15-12-4-2-1-3-10(12)7-8-17-15/h1-8H,9H2. The van der Waals surface area contributed by atoms with Crippen LogP contribution < -0.4 is 0 Å². The van der Waals surface area contributed by atoms with E-state index in [0.717, 1.165) is 15.6 Å². The molecule has 0 atom stereocenters. The van der Waals surface area contributed by atoms with Crippen molar-refractivity contribution >= 4 is 39.5 Å². The number of thiophene rings is 1. The van der Waals surface area contributed by atoms with Crippen LogP contribution in [0.2, 0.25) is 4.34 Å². The first kappa shape index (κ1) is 12.3. The second-order valence-corrected chi connectivity index (χ2v) is 5.99. The molecule has 0 aliphatic heterocycles. The number of fused-ring (bicyclic) bond motifs is 1. The van der Waals surface area contributed by atoms with E-state index in [1.807, 2.05) is 42.5 Å². The number of Topliss-reactive ketones (excluding diaryl/α,β-unsaturated/α-hetero) is 1. The van der Waals surface area contributed by atoms with Gasteiger partial charge in [-0.15, -0.1) is 11.3 Å². The van der Waals surface area contributed by atoms with E-state index in [0.29, 0.717) is 16.5 Å². The van der Waals surface area contributed by atoms with Gasteiger partial charge in [0, 0.05) is 22.9 Å². The zero-order valence-electron chi connectivity index (χ0n) is 9.97. The maximum Gasteiger partial charge on any atom is 0.186 e. The van der Waals surface area contributed by atoms with Crippen LogP contribution in [0.15, 0.2) is 48.7 Å². The average molecular weight is 288 g/mol. The van der Waals surface area contributed by atoms with E-state index in [4.69, 9.17) is 11.6 Å². The molecule has 4 heteroatoms. The fraction of sp³-hybridized carbons (Fsp3) is 0.0667. The molecule has 0 aliphatic rings. The van der Waals surface area contributed by atoms with Gasteiger partial charge >= 0.3 is 0 Å². The molecule has 0 fully saturated rings. The van der Waals surface area contributed by atoms with Gasteiger partial charge < -0.3 is 0 Å². The molecule has 3 rings (SSSR count). The average Bonchev–Trinajstić information content (AvgIpc) is 2.83. The summed E-state index contributed by atoms with van der Waals surface area (Å²) in [4.78, 5) is 17.5. The monoisotopic (exact) mass is 287 g/mol. The highest BCUT2D eigenvalue weighted by molar-refractivity contribution is 7.16. The number of pyridine rings is 1. The summed E-state index contributed by atoms with van der Waals surface area (Å²) in [7, 11) is 0. The smallest absolute Gasteiger partial charge is 0.186 e. The van der Waals surface area contributed by atoms with Gasteiger partial charge in [-0.25, -0.2) is 0 Å². The van der Waals surface area contributed by atoms with Crippen LogP contribution in [0.1, 0.15) is 15.4 Å². The molecule has 94 valence electrons. The number of carbonyl (C=O) groups is 1. The predicted octanol–water partition coefficient (Wildman–Crippen LogP) is 4.38. The second kappa shape index (κ2) is 5.11. The quantitative estimate of drug-likeness (QED) is 0.669. The molecule has 2 heterocycles. The minimum absolute atomic E-state index is 0.0234. The summed E-state index contributed by atoms with van der Waals surface area (Å²) in [6.07, 6.45) is 2.02. The molecule has 0 radical (unpaired) electrons. The maximum absolute atomic E-state index is 12.3. The summed E-state index contributed by atoms with van der Waals surface area (Å²) in [5.41, 5.74) is 0.530. The van der Waals surface area contributed by atoms with Crippen molar-refractivity contribution in [2.45, 2.75) is 6.42 Å². The van der Waals surface area contributed by atoms with Crippen molar-refractivity contribution in [1.29, 1.82) is 0 Å². The predicted molar refractivity (Wildman–Crippen MR) is 79.1 cm³/mol. The van der Waals surface area contributed by atoms with Crippen molar-refractivity contribution in [2.24, 2.45) is 0 Å². The Morgan fingerprint density at radius 2 is 2.00 bits per heavy atom. The first-order valence-electron chi connectivity index (χ1n) is 5.85. The highest BCUT2D eigenvalue weighted by Crippen LogP contribution is 2.24. The summed E-state index contributed by atoms with van der Waals surface area (Å²) in [6, 6.07) is 13.4. The molecule has 0 saturated carbocycles. The Bertz CT molecular complexity index is 745. The molecule has 1 aromatic carbocycles. The summed E-state index contributed by atoms with van der Waals surface area (Å²) >= 11 is 7.31. The number of aromatic nitrogens is 1. The Kier molecular flexibility index (Phi) is 3.32. The van der Waals surface area contributed by atoms with E-state index < -0.39 is 0 Å². The normalized spacial score (nSPS) is 10.8. The summed E-state index contributed by atoms with van der Waals surface area (Å²) in [5, 5.41) is 1.93. The number of carbonyl (C=O) groups excluding carboxylic acids is 1. The fourth-order valence-electron chi connectivity index (χ4n) is 2.03.